The van der Waals surface area contributed by atoms with Crippen molar-refractivity contribution in [2.45, 2.75) is 39.0 Å². The molecule has 0 bridgehead atoms. The zero-order valence-electron chi connectivity index (χ0n) is 12.0. The van der Waals surface area contributed by atoms with Gasteiger partial charge in [-0.3, -0.25) is 4.57 Å². The van der Waals surface area contributed by atoms with Crippen molar-refractivity contribution in [1.82, 2.24) is 25.0 Å². The number of amides is 2. The average Bonchev–Trinajstić information content (AvgIpc) is 2.75. The molecule has 112 valence electrons. The molecule has 0 aliphatic carbocycles. The molecule has 2 amide bonds. The first kappa shape index (κ1) is 14.6. The SMILES string of the molecule is CCC1CN(C(=O)NCc2n[nH]c(=O)n2C)CC(C)O1. The number of hydrogen-bond acceptors (Lipinski definition) is 4. The van der Waals surface area contributed by atoms with Crippen molar-refractivity contribution in [1.29, 1.82) is 0 Å². The van der Waals surface area contributed by atoms with Gasteiger partial charge in [-0.1, -0.05) is 6.92 Å². The molecule has 1 saturated heterocycles. The molecule has 2 N–H and O–H groups in total. The van der Waals surface area contributed by atoms with E-state index in [1.54, 1.807) is 11.9 Å². The largest absolute Gasteiger partial charge is 0.372 e. The van der Waals surface area contributed by atoms with Gasteiger partial charge in [-0.05, 0) is 13.3 Å². The highest BCUT2D eigenvalue weighted by molar-refractivity contribution is 5.74. The molecule has 1 aromatic heterocycles. The van der Waals surface area contributed by atoms with E-state index in [4.69, 9.17) is 4.74 Å². The molecule has 0 spiro atoms. The standard InChI is InChI=1S/C12H21N5O3/c1-4-9-7-17(6-8(2)20-9)11(18)13-5-10-14-15-12(19)16(10)3/h8-9H,4-7H2,1-3H3,(H,13,18)(H,15,19). The zero-order chi connectivity index (χ0) is 14.7. The Hall–Kier alpha value is -1.83. The first-order valence-corrected chi connectivity index (χ1v) is 6.79. The topological polar surface area (TPSA) is 92.3 Å². The van der Waals surface area contributed by atoms with E-state index in [1.807, 2.05) is 13.8 Å². The number of carbonyl (C=O) groups is 1. The molecule has 8 nitrogen and oxygen atoms in total. The second kappa shape index (κ2) is 6.08. The van der Waals surface area contributed by atoms with E-state index in [-0.39, 0.29) is 30.5 Å². The van der Waals surface area contributed by atoms with E-state index in [0.717, 1.165) is 6.42 Å². The summed E-state index contributed by atoms with van der Waals surface area (Å²) in [6, 6.07) is -0.158. The monoisotopic (exact) mass is 283 g/mol. The molecule has 20 heavy (non-hydrogen) atoms. The maximum atomic E-state index is 12.1. The van der Waals surface area contributed by atoms with Gasteiger partial charge in [-0.25, -0.2) is 14.7 Å². The van der Waals surface area contributed by atoms with Gasteiger partial charge in [0.15, 0.2) is 5.82 Å². The first-order valence-electron chi connectivity index (χ1n) is 6.79. The second-order valence-corrected chi connectivity index (χ2v) is 5.04. The maximum absolute atomic E-state index is 12.1. The van der Waals surface area contributed by atoms with Crippen LogP contribution in [0.15, 0.2) is 4.79 Å². The second-order valence-electron chi connectivity index (χ2n) is 5.04. The molecule has 1 fully saturated rings. The summed E-state index contributed by atoms with van der Waals surface area (Å²) < 4.78 is 7.09. The maximum Gasteiger partial charge on any atom is 0.343 e. The van der Waals surface area contributed by atoms with Crippen molar-refractivity contribution in [3.8, 4) is 0 Å². The van der Waals surface area contributed by atoms with Gasteiger partial charge >= 0.3 is 11.7 Å². The third-order valence-corrected chi connectivity index (χ3v) is 3.44. The zero-order valence-corrected chi connectivity index (χ0v) is 12.0. The molecule has 1 aliphatic rings. The van der Waals surface area contributed by atoms with E-state index in [2.05, 4.69) is 15.5 Å². The van der Waals surface area contributed by atoms with E-state index in [9.17, 15) is 9.59 Å². The first-order chi connectivity index (χ1) is 9.51. The van der Waals surface area contributed by atoms with Gasteiger partial charge in [-0.2, -0.15) is 5.10 Å². The van der Waals surface area contributed by atoms with Crippen molar-refractivity contribution in [2.75, 3.05) is 13.1 Å². The molecule has 2 heterocycles. The number of H-pyrrole nitrogens is 1. The summed E-state index contributed by atoms with van der Waals surface area (Å²) in [4.78, 5) is 25.1. The molecule has 2 unspecified atom stereocenters. The van der Waals surface area contributed by atoms with Gasteiger partial charge in [0.05, 0.1) is 18.8 Å². The number of nitrogens with one attached hydrogen (secondary N) is 2. The van der Waals surface area contributed by atoms with Crippen LogP contribution in [-0.2, 0) is 18.3 Å². The summed E-state index contributed by atoms with van der Waals surface area (Å²) in [7, 11) is 1.61. The lowest BCUT2D eigenvalue weighted by atomic mass is 10.2. The number of hydrogen-bond donors (Lipinski definition) is 2. The van der Waals surface area contributed by atoms with Crippen LogP contribution in [0.3, 0.4) is 0 Å². The Labute approximate surface area is 117 Å². The molecule has 2 atom stereocenters. The van der Waals surface area contributed by atoms with Crippen LogP contribution >= 0.6 is 0 Å². The summed E-state index contributed by atoms with van der Waals surface area (Å²) in [5, 5.41) is 8.96. The molecule has 0 saturated carbocycles. The number of aromatic nitrogens is 3. The summed E-state index contributed by atoms with van der Waals surface area (Å²) in [5.74, 6) is 0.497. The number of urea groups is 1. The molecule has 2 rings (SSSR count). The fraction of sp³-hybridized carbons (Fsp3) is 0.750. The lowest BCUT2D eigenvalue weighted by Crippen LogP contribution is -2.52. The van der Waals surface area contributed by atoms with E-state index >= 15 is 0 Å². The number of morpholine rings is 1. The highest BCUT2D eigenvalue weighted by atomic mass is 16.5. The Balaban J connectivity index is 1.91. The van der Waals surface area contributed by atoms with Gasteiger partial charge in [-0.15, -0.1) is 0 Å². The number of aromatic amines is 1. The molecule has 0 aromatic carbocycles. The van der Waals surface area contributed by atoms with Crippen molar-refractivity contribution in [2.24, 2.45) is 7.05 Å². The Bertz CT molecular complexity index is 523. The minimum Gasteiger partial charge on any atom is -0.372 e. The molecular formula is C12H21N5O3. The lowest BCUT2D eigenvalue weighted by Gasteiger charge is -2.36. The predicted octanol–water partition coefficient (Wildman–Crippen LogP) is -0.183. The van der Waals surface area contributed by atoms with Gasteiger partial charge < -0.3 is 15.0 Å². The summed E-state index contributed by atoms with van der Waals surface area (Å²) >= 11 is 0. The van der Waals surface area contributed by atoms with Crippen LogP contribution in [0.2, 0.25) is 0 Å². The lowest BCUT2D eigenvalue weighted by molar-refractivity contribution is -0.0646. The number of nitrogens with zero attached hydrogens (tertiary/aromatic N) is 3. The van der Waals surface area contributed by atoms with Crippen LogP contribution < -0.4 is 11.0 Å². The van der Waals surface area contributed by atoms with Crippen LogP contribution in [0.4, 0.5) is 4.79 Å². The molecule has 0 radical (unpaired) electrons. The van der Waals surface area contributed by atoms with Gasteiger partial charge in [0.1, 0.15) is 0 Å². The molecule has 8 heteroatoms. The van der Waals surface area contributed by atoms with E-state index < -0.39 is 0 Å². The Morgan fingerprint density at radius 2 is 2.30 bits per heavy atom. The Morgan fingerprint density at radius 1 is 1.55 bits per heavy atom. The molecular weight excluding hydrogens is 262 g/mol. The summed E-state index contributed by atoms with van der Waals surface area (Å²) in [6.45, 7) is 5.38. The van der Waals surface area contributed by atoms with Crippen LogP contribution in [0.5, 0.6) is 0 Å². The quantitative estimate of drug-likeness (QED) is 0.804. The number of ether oxygens (including phenoxy) is 1. The Morgan fingerprint density at radius 3 is 2.90 bits per heavy atom. The minimum atomic E-state index is -0.291. The number of rotatable bonds is 3. The van der Waals surface area contributed by atoms with Crippen LogP contribution in [0.25, 0.3) is 0 Å². The highest BCUT2D eigenvalue weighted by Crippen LogP contribution is 2.13. The van der Waals surface area contributed by atoms with E-state index in [0.29, 0.717) is 18.9 Å². The van der Waals surface area contributed by atoms with Crippen molar-refractivity contribution in [3.63, 3.8) is 0 Å². The van der Waals surface area contributed by atoms with Crippen LogP contribution in [-0.4, -0.2) is 51.0 Å². The van der Waals surface area contributed by atoms with Crippen molar-refractivity contribution < 1.29 is 9.53 Å². The fourth-order valence-corrected chi connectivity index (χ4v) is 2.24. The van der Waals surface area contributed by atoms with Gasteiger partial charge in [0.2, 0.25) is 0 Å². The summed E-state index contributed by atoms with van der Waals surface area (Å²) in [5.41, 5.74) is -0.291. The van der Waals surface area contributed by atoms with Crippen molar-refractivity contribution in [3.05, 3.63) is 16.3 Å². The van der Waals surface area contributed by atoms with E-state index in [1.165, 1.54) is 4.57 Å². The van der Waals surface area contributed by atoms with Crippen LogP contribution in [0.1, 0.15) is 26.1 Å². The number of carbonyl (C=O) groups excluding carboxylic acids is 1. The molecule has 1 aliphatic heterocycles. The predicted molar refractivity (Wildman–Crippen MR) is 72.3 cm³/mol. The Kier molecular flexibility index (Phi) is 4.43. The third kappa shape index (κ3) is 3.19. The minimum absolute atomic E-state index is 0.0363. The third-order valence-electron chi connectivity index (χ3n) is 3.44. The summed E-state index contributed by atoms with van der Waals surface area (Å²) in [6.07, 6.45) is 0.996. The average molecular weight is 283 g/mol. The van der Waals surface area contributed by atoms with Gasteiger partial charge in [0.25, 0.3) is 0 Å². The van der Waals surface area contributed by atoms with Gasteiger partial charge in [0, 0.05) is 20.1 Å². The fourth-order valence-electron chi connectivity index (χ4n) is 2.24. The normalized spacial score (nSPS) is 22.9. The molecule has 1 aromatic rings. The highest BCUT2D eigenvalue weighted by Gasteiger charge is 2.27. The van der Waals surface area contributed by atoms with Crippen LogP contribution in [0, 0.1) is 0 Å². The van der Waals surface area contributed by atoms with Crippen molar-refractivity contribution >= 4 is 6.03 Å². The smallest absolute Gasteiger partial charge is 0.343 e.